The summed E-state index contributed by atoms with van der Waals surface area (Å²) in [5.41, 5.74) is 8.27. The largest absolute Gasteiger partial charge is 0.350 e. The molecule has 1 aliphatic heterocycles. The maximum Gasteiger partial charge on any atom is 0.268 e. The molecule has 34 heavy (non-hydrogen) atoms. The molecule has 0 aliphatic carbocycles. The summed E-state index contributed by atoms with van der Waals surface area (Å²) >= 11 is 0. The quantitative estimate of drug-likeness (QED) is 0.372. The van der Waals surface area contributed by atoms with Gasteiger partial charge >= 0.3 is 0 Å². The van der Waals surface area contributed by atoms with Crippen molar-refractivity contribution in [3.8, 4) is 0 Å². The number of hydrogen-bond acceptors (Lipinski definition) is 2. The van der Waals surface area contributed by atoms with Crippen LogP contribution in [-0.2, 0) is 13.1 Å². The van der Waals surface area contributed by atoms with Gasteiger partial charge in [-0.1, -0.05) is 66.7 Å². The molecule has 0 unspecified atom stereocenters. The van der Waals surface area contributed by atoms with Crippen molar-refractivity contribution in [3.63, 3.8) is 0 Å². The average Bonchev–Trinajstić information content (AvgIpc) is 3.22. The zero-order valence-corrected chi connectivity index (χ0v) is 20.1. The Kier molecular flexibility index (Phi) is 6.50. The van der Waals surface area contributed by atoms with Crippen LogP contribution in [0, 0.1) is 13.8 Å². The molecule has 2 heterocycles. The van der Waals surface area contributed by atoms with Crippen LogP contribution in [0.5, 0.6) is 0 Å². The molecule has 5 rings (SSSR count). The lowest BCUT2D eigenvalue weighted by molar-refractivity contribution is 0.0944. The number of fused-ring (bicyclic) bond motifs is 1. The summed E-state index contributed by atoms with van der Waals surface area (Å²) in [4.78, 5) is 19.1. The maximum absolute atomic E-state index is 13.2. The Morgan fingerprint density at radius 3 is 2.32 bits per heavy atom. The van der Waals surface area contributed by atoms with Gasteiger partial charge < -0.3 is 10.3 Å². The summed E-state index contributed by atoms with van der Waals surface area (Å²) in [7, 11) is 0. The van der Waals surface area contributed by atoms with E-state index in [1.807, 2.05) is 36.4 Å². The molecule has 4 heteroatoms. The predicted octanol–water partition coefficient (Wildman–Crippen LogP) is 6.09. The van der Waals surface area contributed by atoms with E-state index < -0.39 is 0 Å². The maximum atomic E-state index is 13.2. The molecule has 1 aromatic heterocycles. The molecular formula is C30H33N3O. The molecule has 0 atom stereocenters. The van der Waals surface area contributed by atoms with Gasteiger partial charge in [-0.15, -0.1) is 0 Å². The molecule has 1 saturated heterocycles. The van der Waals surface area contributed by atoms with Crippen molar-refractivity contribution in [2.24, 2.45) is 0 Å². The number of nitrogens with one attached hydrogen (secondary N) is 2. The number of piperidine rings is 1. The van der Waals surface area contributed by atoms with E-state index in [1.54, 1.807) is 0 Å². The summed E-state index contributed by atoms with van der Waals surface area (Å²) in [6.45, 7) is 7.88. The van der Waals surface area contributed by atoms with Crippen molar-refractivity contribution in [2.75, 3.05) is 13.1 Å². The summed E-state index contributed by atoms with van der Waals surface area (Å²) in [5.74, 6) is 0.578. The van der Waals surface area contributed by atoms with Crippen molar-refractivity contribution < 1.29 is 4.79 Å². The Morgan fingerprint density at radius 2 is 1.59 bits per heavy atom. The second-order valence-corrected chi connectivity index (χ2v) is 9.55. The minimum Gasteiger partial charge on any atom is -0.350 e. The second kappa shape index (κ2) is 9.86. The second-order valence-electron chi connectivity index (χ2n) is 9.55. The Hall–Kier alpha value is -3.37. The summed E-state index contributed by atoms with van der Waals surface area (Å²) in [6, 6.07) is 24.9. The van der Waals surface area contributed by atoms with Crippen LogP contribution in [-0.4, -0.2) is 28.9 Å². The molecule has 174 valence electrons. The average molecular weight is 452 g/mol. The van der Waals surface area contributed by atoms with E-state index in [4.69, 9.17) is 0 Å². The van der Waals surface area contributed by atoms with Gasteiger partial charge in [0, 0.05) is 29.6 Å². The topological polar surface area (TPSA) is 48.1 Å². The van der Waals surface area contributed by atoms with E-state index in [9.17, 15) is 4.79 Å². The van der Waals surface area contributed by atoms with Crippen LogP contribution in [0.15, 0.2) is 72.8 Å². The fraction of sp³-hybridized carbons (Fsp3) is 0.300. The molecule has 0 spiro atoms. The van der Waals surface area contributed by atoms with Crippen molar-refractivity contribution in [3.05, 3.63) is 106 Å². The van der Waals surface area contributed by atoms with Crippen LogP contribution < -0.4 is 5.32 Å². The lowest BCUT2D eigenvalue weighted by Crippen LogP contribution is -2.33. The minimum absolute atomic E-state index is 0.0412. The van der Waals surface area contributed by atoms with E-state index in [2.05, 4.69) is 65.4 Å². The standard InChI is InChI=1S/C30H33N3O/c1-21-9-8-10-22(2)28(21)24-15-17-33(18-16-24)20-26-25-13-6-7-14-27(25)32-29(26)30(34)31-19-23-11-4-3-5-12-23/h3-14,24,32H,15-20H2,1-2H3,(H,31,34). The predicted molar refractivity (Wildman–Crippen MR) is 139 cm³/mol. The number of aryl methyl sites for hydroxylation is 2. The molecule has 0 bridgehead atoms. The first-order valence-corrected chi connectivity index (χ1v) is 12.3. The number of carbonyl (C=O) groups is 1. The van der Waals surface area contributed by atoms with Gasteiger partial charge in [0.1, 0.15) is 5.69 Å². The van der Waals surface area contributed by atoms with E-state index in [0.29, 0.717) is 18.2 Å². The van der Waals surface area contributed by atoms with E-state index in [1.165, 1.54) is 16.7 Å². The summed E-state index contributed by atoms with van der Waals surface area (Å²) < 4.78 is 0. The van der Waals surface area contributed by atoms with Gasteiger partial charge in [-0.3, -0.25) is 9.69 Å². The van der Waals surface area contributed by atoms with Crippen LogP contribution in [0.2, 0.25) is 0 Å². The van der Waals surface area contributed by atoms with Gasteiger partial charge in [0.25, 0.3) is 5.91 Å². The van der Waals surface area contributed by atoms with Gasteiger partial charge in [0.05, 0.1) is 0 Å². The lowest BCUT2D eigenvalue weighted by atomic mass is 9.84. The number of hydrogen-bond donors (Lipinski definition) is 2. The third kappa shape index (κ3) is 4.64. The highest BCUT2D eigenvalue weighted by molar-refractivity contribution is 6.01. The van der Waals surface area contributed by atoms with Crippen LogP contribution in [0.3, 0.4) is 0 Å². The number of likely N-dealkylation sites (tertiary alicyclic amines) is 1. The molecule has 0 radical (unpaired) electrons. The van der Waals surface area contributed by atoms with Crippen molar-refractivity contribution in [2.45, 2.75) is 45.7 Å². The van der Waals surface area contributed by atoms with E-state index in [-0.39, 0.29) is 5.91 Å². The highest BCUT2D eigenvalue weighted by atomic mass is 16.1. The zero-order chi connectivity index (χ0) is 23.5. The van der Waals surface area contributed by atoms with Crippen molar-refractivity contribution >= 4 is 16.8 Å². The number of amides is 1. The van der Waals surface area contributed by atoms with Gasteiger partial charge in [-0.25, -0.2) is 0 Å². The summed E-state index contributed by atoms with van der Waals surface area (Å²) in [5, 5.41) is 4.25. The fourth-order valence-electron chi connectivity index (χ4n) is 5.50. The van der Waals surface area contributed by atoms with Gasteiger partial charge in [-0.05, 0) is 74.0 Å². The third-order valence-electron chi connectivity index (χ3n) is 7.26. The Morgan fingerprint density at radius 1 is 0.912 bits per heavy atom. The number of benzene rings is 3. The lowest BCUT2D eigenvalue weighted by Gasteiger charge is -2.33. The summed E-state index contributed by atoms with van der Waals surface area (Å²) in [6.07, 6.45) is 2.31. The number of carbonyl (C=O) groups excluding carboxylic acids is 1. The molecule has 1 fully saturated rings. The van der Waals surface area contributed by atoms with Crippen LogP contribution in [0.25, 0.3) is 10.9 Å². The normalized spacial score (nSPS) is 15.0. The molecule has 1 amide bonds. The Labute approximate surface area is 202 Å². The van der Waals surface area contributed by atoms with E-state index >= 15 is 0 Å². The number of aromatic amines is 1. The first-order valence-electron chi connectivity index (χ1n) is 12.3. The monoisotopic (exact) mass is 451 g/mol. The molecule has 4 aromatic rings. The molecular weight excluding hydrogens is 418 g/mol. The first kappa shape index (κ1) is 22.4. The first-order chi connectivity index (χ1) is 16.6. The number of aromatic nitrogens is 1. The van der Waals surface area contributed by atoms with Crippen LogP contribution >= 0.6 is 0 Å². The Bertz CT molecular complexity index is 1260. The number of H-pyrrole nitrogens is 1. The molecule has 0 saturated carbocycles. The zero-order valence-electron chi connectivity index (χ0n) is 20.1. The van der Waals surface area contributed by atoms with Crippen LogP contribution in [0.4, 0.5) is 0 Å². The van der Waals surface area contributed by atoms with Crippen LogP contribution in [0.1, 0.15) is 57.1 Å². The number of nitrogens with zero attached hydrogens (tertiary/aromatic N) is 1. The number of rotatable bonds is 6. The Balaban J connectivity index is 1.32. The highest BCUT2D eigenvalue weighted by Crippen LogP contribution is 2.34. The molecule has 3 aromatic carbocycles. The van der Waals surface area contributed by atoms with Gasteiger partial charge in [0.2, 0.25) is 0 Å². The molecule has 1 aliphatic rings. The molecule has 4 nitrogen and oxygen atoms in total. The smallest absolute Gasteiger partial charge is 0.268 e. The highest BCUT2D eigenvalue weighted by Gasteiger charge is 2.25. The van der Waals surface area contributed by atoms with Gasteiger partial charge in [-0.2, -0.15) is 0 Å². The minimum atomic E-state index is -0.0412. The SMILES string of the molecule is Cc1cccc(C)c1C1CCN(Cc2c(C(=O)NCc3ccccc3)[nH]c3ccccc23)CC1. The molecule has 2 N–H and O–H groups in total. The van der Waals surface area contributed by atoms with Crippen molar-refractivity contribution in [1.82, 2.24) is 15.2 Å². The number of para-hydroxylation sites is 1. The van der Waals surface area contributed by atoms with E-state index in [0.717, 1.165) is 54.5 Å². The van der Waals surface area contributed by atoms with Gasteiger partial charge in [0.15, 0.2) is 0 Å². The van der Waals surface area contributed by atoms with Crippen molar-refractivity contribution in [1.29, 1.82) is 0 Å². The third-order valence-corrected chi connectivity index (χ3v) is 7.26. The fourth-order valence-corrected chi connectivity index (χ4v) is 5.50.